The quantitative estimate of drug-likeness (QED) is 0.780. The van der Waals surface area contributed by atoms with Crippen LogP contribution in [0.1, 0.15) is 17.5 Å². The fourth-order valence-electron chi connectivity index (χ4n) is 2.19. The van der Waals surface area contributed by atoms with Gasteiger partial charge < -0.3 is 10.1 Å². The summed E-state index contributed by atoms with van der Waals surface area (Å²) in [4.78, 5) is 20.5. The topological polar surface area (TPSA) is 81.9 Å². The number of nitrogens with zero attached hydrogens (tertiary/aromatic N) is 4. The maximum absolute atomic E-state index is 12.1. The number of pyridine rings is 1. The molecule has 0 aliphatic rings. The van der Waals surface area contributed by atoms with Crippen LogP contribution in [0.3, 0.4) is 0 Å². The van der Waals surface area contributed by atoms with Gasteiger partial charge >= 0.3 is 0 Å². The molecule has 122 valence electrons. The second kappa shape index (κ2) is 6.91. The van der Waals surface area contributed by atoms with E-state index >= 15 is 0 Å². The second-order valence-corrected chi connectivity index (χ2v) is 5.06. The number of aromatic nitrogens is 4. The largest absolute Gasteiger partial charge is 0.494 e. The van der Waals surface area contributed by atoms with Gasteiger partial charge in [0.1, 0.15) is 17.9 Å². The lowest BCUT2D eigenvalue weighted by atomic mass is 10.1. The SMILES string of the molecule is CCOc1cccc(-c2cccc(NC(=O)c3ncn(C)n3)n2)c1. The number of carbonyl (C=O) groups excluding carboxylic acids is 1. The first-order valence-electron chi connectivity index (χ1n) is 7.53. The number of aryl methyl sites for hydroxylation is 1. The zero-order valence-corrected chi connectivity index (χ0v) is 13.4. The summed E-state index contributed by atoms with van der Waals surface area (Å²) in [6.07, 6.45) is 1.47. The summed E-state index contributed by atoms with van der Waals surface area (Å²) in [6, 6.07) is 13.1. The van der Waals surface area contributed by atoms with Crippen molar-refractivity contribution in [3.8, 4) is 17.0 Å². The van der Waals surface area contributed by atoms with Gasteiger partial charge in [-0.2, -0.15) is 0 Å². The lowest BCUT2D eigenvalue weighted by Crippen LogP contribution is -2.15. The number of nitrogens with one attached hydrogen (secondary N) is 1. The van der Waals surface area contributed by atoms with Crippen LogP contribution in [0.2, 0.25) is 0 Å². The highest BCUT2D eigenvalue weighted by Gasteiger charge is 2.12. The van der Waals surface area contributed by atoms with E-state index in [1.165, 1.54) is 11.0 Å². The minimum atomic E-state index is -0.400. The van der Waals surface area contributed by atoms with Gasteiger partial charge in [-0.05, 0) is 31.2 Å². The Balaban J connectivity index is 1.81. The van der Waals surface area contributed by atoms with E-state index in [-0.39, 0.29) is 5.82 Å². The number of ether oxygens (including phenoxy) is 1. The van der Waals surface area contributed by atoms with Crippen molar-refractivity contribution in [2.24, 2.45) is 7.05 Å². The Morgan fingerprint density at radius 3 is 2.83 bits per heavy atom. The highest BCUT2D eigenvalue weighted by atomic mass is 16.5. The smallest absolute Gasteiger partial charge is 0.296 e. The molecule has 1 amide bonds. The van der Waals surface area contributed by atoms with Crippen molar-refractivity contribution in [3.05, 3.63) is 54.6 Å². The average molecular weight is 323 g/mol. The lowest BCUT2D eigenvalue weighted by Gasteiger charge is -2.07. The molecule has 3 rings (SSSR count). The molecular weight excluding hydrogens is 306 g/mol. The molecule has 0 bridgehead atoms. The van der Waals surface area contributed by atoms with E-state index in [1.807, 2.05) is 43.3 Å². The van der Waals surface area contributed by atoms with Crippen LogP contribution in [0.15, 0.2) is 48.8 Å². The Morgan fingerprint density at radius 1 is 1.25 bits per heavy atom. The van der Waals surface area contributed by atoms with Crippen LogP contribution in [-0.4, -0.2) is 32.3 Å². The van der Waals surface area contributed by atoms with E-state index in [1.54, 1.807) is 13.1 Å². The van der Waals surface area contributed by atoms with Crippen LogP contribution in [-0.2, 0) is 7.05 Å². The van der Waals surface area contributed by atoms with Gasteiger partial charge in [0.05, 0.1) is 12.3 Å². The summed E-state index contributed by atoms with van der Waals surface area (Å²) in [7, 11) is 1.70. The molecule has 0 aliphatic heterocycles. The van der Waals surface area contributed by atoms with Crippen LogP contribution < -0.4 is 10.1 Å². The Labute approximate surface area is 139 Å². The second-order valence-electron chi connectivity index (χ2n) is 5.06. The zero-order chi connectivity index (χ0) is 16.9. The van der Waals surface area contributed by atoms with Crippen molar-refractivity contribution in [1.82, 2.24) is 19.7 Å². The number of anilines is 1. The first-order chi connectivity index (χ1) is 11.7. The molecule has 3 aromatic rings. The summed E-state index contributed by atoms with van der Waals surface area (Å²) < 4.78 is 6.98. The van der Waals surface area contributed by atoms with Gasteiger partial charge in [-0.15, -0.1) is 5.10 Å². The third-order valence-electron chi connectivity index (χ3n) is 3.23. The summed E-state index contributed by atoms with van der Waals surface area (Å²) in [6.45, 7) is 2.54. The van der Waals surface area contributed by atoms with Gasteiger partial charge in [0.25, 0.3) is 5.91 Å². The first kappa shape index (κ1) is 15.7. The molecule has 0 atom stereocenters. The van der Waals surface area contributed by atoms with Gasteiger partial charge in [0.15, 0.2) is 0 Å². The molecule has 2 aromatic heterocycles. The predicted molar refractivity (Wildman–Crippen MR) is 89.8 cm³/mol. The number of carbonyl (C=O) groups is 1. The predicted octanol–water partition coefficient (Wildman–Crippen LogP) is 2.53. The Hall–Kier alpha value is -3.22. The minimum absolute atomic E-state index is 0.100. The number of benzene rings is 1. The van der Waals surface area contributed by atoms with Crippen LogP contribution in [0.4, 0.5) is 5.82 Å². The van der Waals surface area contributed by atoms with Crippen LogP contribution in [0, 0.1) is 0 Å². The van der Waals surface area contributed by atoms with E-state index in [0.717, 1.165) is 17.0 Å². The van der Waals surface area contributed by atoms with Gasteiger partial charge in [-0.1, -0.05) is 18.2 Å². The zero-order valence-electron chi connectivity index (χ0n) is 13.4. The molecule has 0 aliphatic carbocycles. The molecule has 0 saturated carbocycles. The van der Waals surface area contributed by atoms with Crippen molar-refractivity contribution < 1.29 is 9.53 Å². The van der Waals surface area contributed by atoms with E-state index in [4.69, 9.17) is 4.74 Å². The van der Waals surface area contributed by atoms with Crippen molar-refractivity contribution in [1.29, 1.82) is 0 Å². The third-order valence-corrected chi connectivity index (χ3v) is 3.23. The standard InChI is InChI=1S/C17H17N5O2/c1-3-24-13-7-4-6-12(10-13)14-8-5-9-15(19-14)20-17(23)16-18-11-22(2)21-16/h4-11H,3H2,1-2H3,(H,19,20,23). The first-order valence-corrected chi connectivity index (χ1v) is 7.53. The summed E-state index contributed by atoms with van der Waals surface area (Å²) in [5, 5.41) is 6.67. The monoisotopic (exact) mass is 323 g/mol. The van der Waals surface area contributed by atoms with Crippen molar-refractivity contribution in [2.45, 2.75) is 6.92 Å². The van der Waals surface area contributed by atoms with Crippen molar-refractivity contribution >= 4 is 11.7 Å². The number of hydrogen-bond donors (Lipinski definition) is 1. The minimum Gasteiger partial charge on any atom is -0.494 e. The van der Waals surface area contributed by atoms with E-state index < -0.39 is 5.91 Å². The van der Waals surface area contributed by atoms with E-state index in [2.05, 4.69) is 20.4 Å². The molecule has 7 nitrogen and oxygen atoms in total. The maximum Gasteiger partial charge on any atom is 0.296 e. The summed E-state index contributed by atoms with van der Waals surface area (Å²) in [5.74, 6) is 0.919. The fraction of sp³-hybridized carbons (Fsp3) is 0.176. The molecule has 0 unspecified atom stereocenters. The van der Waals surface area contributed by atoms with E-state index in [9.17, 15) is 4.79 Å². The summed E-state index contributed by atoms with van der Waals surface area (Å²) in [5.41, 5.74) is 1.65. The van der Waals surface area contributed by atoms with Gasteiger partial charge in [0, 0.05) is 12.6 Å². The Kier molecular flexibility index (Phi) is 4.51. The molecule has 0 fully saturated rings. The van der Waals surface area contributed by atoms with Crippen molar-refractivity contribution in [3.63, 3.8) is 0 Å². The Bertz CT molecular complexity index is 859. The molecule has 24 heavy (non-hydrogen) atoms. The molecule has 0 saturated heterocycles. The fourth-order valence-corrected chi connectivity index (χ4v) is 2.19. The molecular formula is C17H17N5O2. The van der Waals surface area contributed by atoms with Gasteiger partial charge in [0.2, 0.25) is 5.82 Å². The number of rotatable bonds is 5. The normalized spacial score (nSPS) is 10.4. The summed E-state index contributed by atoms with van der Waals surface area (Å²) >= 11 is 0. The molecule has 1 aromatic carbocycles. The number of amides is 1. The molecule has 0 spiro atoms. The lowest BCUT2D eigenvalue weighted by molar-refractivity contribution is 0.101. The van der Waals surface area contributed by atoms with Gasteiger partial charge in [-0.25, -0.2) is 9.97 Å². The highest BCUT2D eigenvalue weighted by Crippen LogP contribution is 2.23. The highest BCUT2D eigenvalue weighted by molar-refractivity contribution is 6.00. The van der Waals surface area contributed by atoms with Crippen LogP contribution in [0.5, 0.6) is 5.75 Å². The Morgan fingerprint density at radius 2 is 2.08 bits per heavy atom. The molecule has 0 radical (unpaired) electrons. The third kappa shape index (κ3) is 3.57. The average Bonchev–Trinajstić information content (AvgIpc) is 3.02. The van der Waals surface area contributed by atoms with Gasteiger partial charge in [-0.3, -0.25) is 9.48 Å². The number of hydrogen-bond acceptors (Lipinski definition) is 5. The van der Waals surface area contributed by atoms with Crippen LogP contribution >= 0.6 is 0 Å². The molecule has 7 heteroatoms. The van der Waals surface area contributed by atoms with E-state index in [0.29, 0.717) is 12.4 Å². The molecule has 2 heterocycles. The molecule has 1 N–H and O–H groups in total. The van der Waals surface area contributed by atoms with Crippen molar-refractivity contribution in [2.75, 3.05) is 11.9 Å². The maximum atomic E-state index is 12.1. The van der Waals surface area contributed by atoms with Crippen LogP contribution in [0.25, 0.3) is 11.3 Å².